The average molecular weight is 341 g/mol. The predicted molar refractivity (Wildman–Crippen MR) is 95.1 cm³/mol. The maximum atomic E-state index is 12.1. The average Bonchev–Trinajstić information content (AvgIpc) is 2.95. The first-order chi connectivity index (χ1) is 12.1. The molecular formula is C20H23NO4. The number of nitrogens with zero attached hydrogens (tertiary/aromatic N) is 1. The molecule has 25 heavy (non-hydrogen) atoms. The third kappa shape index (κ3) is 3.87. The zero-order valence-electron chi connectivity index (χ0n) is 14.8. The van der Waals surface area contributed by atoms with Gasteiger partial charge in [-0.3, -0.25) is 4.90 Å². The van der Waals surface area contributed by atoms with Crippen molar-refractivity contribution in [3.63, 3.8) is 0 Å². The fraction of sp³-hybridized carbons (Fsp3) is 0.350. The molecule has 0 N–H and O–H groups in total. The Morgan fingerprint density at radius 1 is 1.08 bits per heavy atom. The molecule has 1 fully saturated rings. The molecule has 5 nitrogen and oxygen atoms in total. The highest BCUT2D eigenvalue weighted by Crippen LogP contribution is 2.29. The Hall–Kier alpha value is -2.69. The van der Waals surface area contributed by atoms with E-state index in [0.29, 0.717) is 31.1 Å². The van der Waals surface area contributed by atoms with Crippen molar-refractivity contribution in [1.82, 2.24) is 4.90 Å². The molecule has 1 amide bonds. The Bertz CT molecular complexity index is 759. The highest BCUT2D eigenvalue weighted by Gasteiger charge is 2.33. The van der Waals surface area contributed by atoms with Gasteiger partial charge < -0.3 is 14.2 Å². The number of methoxy groups -OCH3 is 2. The molecule has 1 unspecified atom stereocenters. The lowest BCUT2D eigenvalue weighted by molar-refractivity contribution is 0.156. The fourth-order valence-electron chi connectivity index (χ4n) is 3.14. The number of amides is 1. The van der Waals surface area contributed by atoms with Crippen molar-refractivity contribution in [2.75, 3.05) is 20.8 Å². The third-order valence-electron chi connectivity index (χ3n) is 4.43. The first-order valence-electron chi connectivity index (χ1n) is 8.30. The standard InChI is InChI=1S/C20H23NO4/c1-14-5-4-6-16(9-14)12-21-17(13-25-20(21)22)10-15-7-8-18(23-2)19(11-15)24-3/h4-9,11,17H,10,12-13H2,1-3H3. The SMILES string of the molecule is COc1ccc(CC2COC(=O)N2Cc2cccc(C)c2)cc1OC. The number of hydrogen-bond donors (Lipinski definition) is 0. The maximum absolute atomic E-state index is 12.1. The largest absolute Gasteiger partial charge is 0.493 e. The smallest absolute Gasteiger partial charge is 0.410 e. The lowest BCUT2D eigenvalue weighted by Gasteiger charge is -2.22. The van der Waals surface area contributed by atoms with Crippen LogP contribution in [0.3, 0.4) is 0 Å². The van der Waals surface area contributed by atoms with Crippen LogP contribution in [-0.4, -0.2) is 37.9 Å². The lowest BCUT2D eigenvalue weighted by Crippen LogP contribution is -2.34. The quantitative estimate of drug-likeness (QED) is 0.806. The van der Waals surface area contributed by atoms with Gasteiger partial charge in [0.1, 0.15) is 6.61 Å². The highest BCUT2D eigenvalue weighted by molar-refractivity contribution is 5.70. The van der Waals surface area contributed by atoms with Crippen molar-refractivity contribution in [2.45, 2.75) is 25.9 Å². The Morgan fingerprint density at radius 2 is 1.88 bits per heavy atom. The molecule has 0 radical (unpaired) electrons. The molecule has 0 saturated carbocycles. The van der Waals surface area contributed by atoms with Crippen LogP contribution < -0.4 is 9.47 Å². The summed E-state index contributed by atoms with van der Waals surface area (Å²) in [7, 11) is 3.23. The van der Waals surface area contributed by atoms with Gasteiger partial charge in [0.05, 0.1) is 20.3 Å². The topological polar surface area (TPSA) is 48.0 Å². The molecule has 5 heteroatoms. The van der Waals surface area contributed by atoms with Crippen LogP contribution in [0.25, 0.3) is 0 Å². The molecule has 1 aliphatic heterocycles. The van der Waals surface area contributed by atoms with E-state index in [1.807, 2.05) is 43.3 Å². The van der Waals surface area contributed by atoms with E-state index >= 15 is 0 Å². The van der Waals surface area contributed by atoms with Crippen LogP contribution in [0.5, 0.6) is 11.5 Å². The van der Waals surface area contributed by atoms with E-state index in [-0.39, 0.29) is 12.1 Å². The van der Waals surface area contributed by atoms with Crippen molar-refractivity contribution in [1.29, 1.82) is 0 Å². The van der Waals surface area contributed by atoms with Crippen LogP contribution in [0.1, 0.15) is 16.7 Å². The molecule has 132 valence electrons. The number of cyclic esters (lactones) is 1. The van der Waals surface area contributed by atoms with Crippen molar-refractivity contribution in [2.24, 2.45) is 0 Å². The van der Waals surface area contributed by atoms with Gasteiger partial charge in [0, 0.05) is 6.54 Å². The Labute approximate surface area is 148 Å². The second-order valence-corrected chi connectivity index (χ2v) is 6.24. The molecular weight excluding hydrogens is 318 g/mol. The zero-order chi connectivity index (χ0) is 17.8. The number of aryl methyl sites for hydroxylation is 1. The molecule has 2 aromatic rings. The molecule has 0 aliphatic carbocycles. The second kappa shape index (κ2) is 7.47. The summed E-state index contributed by atoms with van der Waals surface area (Å²) in [4.78, 5) is 13.9. The number of ether oxygens (including phenoxy) is 3. The number of rotatable bonds is 6. The summed E-state index contributed by atoms with van der Waals surface area (Å²) in [6.07, 6.45) is 0.449. The molecule has 1 atom stereocenters. The number of carbonyl (C=O) groups excluding carboxylic acids is 1. The van der Waals surface area contributed by atoms with Crippen molar-refractivity contribution in [3.05, 3.63) is 59.2 Å². The molecule has 0 spiro atoms. The van der Waals surface area contributed by atoms with E-state index < -0.39 is 0 Å². The summed E-state index contributed by atoms with van der Waals surface area (Å²) in [5.41, 5.74) is 3.37. The van der Waals surface area contributed by atoms with Crippen LogP contribution in [0.15, 0.2) is 42.5 Å². The lowest BCUT2D eigenvalue weighted by atomic mass is 10.0. The summed E-state index contributed by atoms with van der Waals surface area (Å²) in [6, 6.07) is 14.0. The first kappa shape index (κ1) is 17.1. The van der Waals surface area contributed by atoms with Gasteiger partial charge in [-0.15, -0.1) is 0 Å². The first-order valence-corrected chi connectivity index (χ1v) is 8.30. The summed E-state index contributed by atoms with van der Waals surface area (Å²) in [5.74, 6) is 1.39. The van der Waals surface area contributed by atoms with Crippen LogP contribution in [0, 0.1) is 6.92 Å². The van der Waals surface area contributed by atoms with E-state index in [9.17, 15) is 4.79 Å². The van der Waals surface area contributed by atoms with E-state index in [4.69, 9.17) is 14.2 Å². The van der Waals surface area contributed by atoms with E-state index in [0.717, 1.165) is 11.1 Å². The third-order valence-corrected chi connectivity index (χ3v) is 4.43. The van der Waals surface area contributed by atoms with Crippen molar-refractivity contribution in [3.8, 4) is 11.5 Å². The van der Waals surface area contributed by atoms with E-state index in [2.05, 4.69) is 6.07 Å². The molecule has 0 aromatic heterocycles. The van der Waals surface area contributed by atoms with Crippen molar-refractivity contribution >= 4 is 6.09 Å². The minimum Gasteiger partial charge on any atom is -0.493 e. The molecule has 1 saturated heterocycles. The molecule has 3 rings (SSSR count). The van der Waals surface area contributed by atoms with Crippen LogP contribution >= 0.6 is 0 Å². The minimum atomic E-state index is -0.257. The highest BCUT2D eigenvalue weighted by atomic mass is 16.6. The Kier molecular flexibility index (Phi) is 5.12. The van der Waals surface area contributed by atoms with Gasteiger partial charge in [-0.1, -0.05) is 35.9 Å². The van der Waals surface area contributed by atoms with Gasteiger partial charge in [-0.25, -0.2) is 4.79 Å². The molecule has 1 aliphatic rings. The van der Waals surface area contributed by atoms with E-state index in [1.165, 1.54) is 5.56 Å². The summed E-state index contributed by atoms with van der Waals surface area (Å²) in [6.45, 7) is 3.00. The fourth-order valence-corrected chi connectivity index (χ4v) is 3.14. The van der Waals surface area contributed by atoms with Gasteiger partial charge in [0.15, 0.2) is 11.5 Å². The monoisotopic (exact) mass is 341 g/mol. The van der Waals surface area contributed by atoms with Gasteiger partial charge >= 0.3 is 6.09 Å². The molecule has 0 bridgehead atoms. The maximum Gasteiger partial charge on any atom is 0.410 e. The van der Waals surface area contributed by atoms with Crippen LogP contribution in [0.4, 0.5) is 4.79 Å². The normalized spacial score (nSPS) is 16.7. The Morgan fingerprint density at radius 3 is 2.60 bits per heavy atom. The number of benzene rings is 2. The van der Waals surface area contributed by atoms with Crippen LogP contribution in [-0.2, 0) is 17.7 Å². The molecule has 2 aromatic carbocycles. The minimum absolute atomic E-state index is 0.00566. The van der Waals surface area contributed by atoms with Gasteiger partial charge in [0.2, 0.25) is 0 Å². The molecule has 1 heterocycles. The summed E-state index contributed by atoms with van der Waals surface area (Å²) in [5, 5.41) is 0. The summed E-state index contributed by atoms with van der Waals surface area (Å²) < 4.78 is 15.9. The zero-order valence-corrected chi connectivity index (χ0v) is 14.8. The van der Waals surface area contributed by atoms with E-state index in [1.54, 1.807) is 19.1 Å². The van der Waals surface area contributed by atoms with Crippen LogP contribution in [0.2, 0.25) is 0 Å². The number of carbonyl (C=O) groups is 1. The Balaban J connectivity index is 1.75. The van der Waals surface area contributed by atoms with Gasteiger partial charge in [0.25, 0.3) is 0 Å². The number of hydrogen-bond acceptors (Lipinski definition) is 4. The van der Waals surface area contributed by atoms with Gasteiger partial charge in [-0.2, -0.15) is 0 Å². The second-order valence-electron chi connectivity index (χ2n) is 6.24. The van der Waals surface area contributed by atoms with Crippen molar-refractivity contribution < 1.29 is 19.0 Å². The summed E-state index contributed by atoms with van der Waals surface area (Å²) >= 11 is 0. The van der Waals surface area contributed by atoms with Gasteiger partial charge in [-0.05, 0) is 36.6 Å². The predicted octanol–water partition coefficient (Wildman–Crippen LogP) is 3.58.